The van der Waals surface area contributed by atoms with Gasteiger partial charge in [0.15, 0.2) is 0 Å². The Bertz CT molecular complexity index is 789. The number of rotatable bonds is 5. The van der Waals surface area contributed by atoms with Gasteiger partial charge in [-0.3, -0.25) is 10.1 Å². The van der Waals surface area contributed by atoms with Gasteiger partial charge in [-0.05, 0) is 64.7 Å². The van der Waals surface area contributed by atoms with E-state index >= 15 is 0 Å². The largest absolute Gasteiger partial charge is 0.488 e. The molecule has 0 saturated carbocycles. The van der Waals surface area contributed by atoms with E-state index in [4.69, 9.17) is 17.0 Å². The van der Waals surface area contributed by atoms with Crippen LogP contribution >= 0.6 is 28.1 Å². The van der Waals surface area contributed by atoms with E-state index in [0.717, 1.165) is 33.7 Å². The number of ether oxygens (including phenoxy) is 1. The molecule has 0 spiro atoms. The van der Waals surface area contributed by atoms with E-state index in [-0.39, 0.29) is 5.69 Å². The number of thiocarbonyl (C=S) groups is 1. The van der Waals surface area contributed by atoms with Crippen LogP contribution in [0.3, 0.4) is 0 Å². The number of hydrogen-bond acceptors (Lipinski definition) is 4. The van der Waals surface area contributed by atoms with Crippen molar-refractivity contribution in [3.05, 3.63) is 68.2 Å². The van der Waals surface area contributed by atoms with Crippen LogP contribution in [0.4, 0.5) is 5.69 Å². The van der Waals surface area contributed by atoms with Crippen molar-refractivity contribution >= 4 is 38.8 Å². The first kappa shape index (κ1) is 17.8. The van der Waals surface area contributed by atoms with Crippen molar-refractivity contribution in [1.29, 1.82) is 0 Å². The van der Waals surface area contributed by atoms with Crippen molar-refractivity contribution in [3.8, 4) is 5.75 Å². The van der Waals surface area contributed by atoms with Crippen LogP contribution < -0.4 is 4.74 Å². The van der Waals surface area contributed by atoms with Crippen LogP contribution in [0, 0.1) is 10.1 Å². The lowest BCUT2D eigenvalue weighted by Gasteiger charge is -2.19. The Morgan fingerprint density at radius 1 is 1.20 bits per heavy atom. The highest BCUT2D eigenvalue weighted by Gasteiger charge is 2.17. The van der Waals surface area contributed by atoms with Gasteiger partial charge in [0, 0.05) is 30.8 Å². The second-order valence-electron chi connectivity index (χ2n) is 5.86. The Morgan fingerprint density at radius 3 is 2.48 bits per heavy atom. The molecule has 1 heterocycles. The van der Waals surface area contributed by atoms with Crippen LogP contribution in [0.25, 0.3) is 0 Å². The van der Waals surface area contributed by atoms with Gasteiger partial charge in [-0.25, -0.2) is 0 Å². The van der Waals surface area contributed by atoms with Crippen LogP contribution in [-0.2, 0) is 6.61 Å². The van der Waals surface area contributed by atoms with E-state index in [1.807, 2.05) is 18.2 Å². The molecule has 130 valence electrons. The summed E-state index contributed by atoms with van der Waals surface area (Å²) >= 11 is 9.10. The molecule has 25 heavy (non-hydrogen) atoms. The molecule has 0 atom stereocenters. The third-order valence-corrected chi connectivity index (χ3v) is 5.23. The van der Waals surface area contributed by atoms with Gasteiger partial charge in [0.1, 0.15) is 17.3 Å². The SMILES string of the molecule is O=[N+]([O-])c1ccc(COc2ccc(C(=S)N3CCCC3)cc2Br)cc1. The molecule has 1 aliphatic rings. The minimum Gasteiger partial charge on any atom is -0.488 e. The lowest BCUT2D eigenvalue weighted by molar-refractivity contribution is -0.384. The van der Waals surface area contributed by atoms with Crippen molar-refractivity contribution in [2.45, 2.75) is 19.4 Å². The van der Waals surface area contributed by atoms with Gasteiger partial charge in [-0.1, -0.05) is 12.2 Å². The highest BCUT2D eigenvalue weighted by molar-refractivity contribution is 9.10. The summed E-state index contributed by atoms with van der Waals surface area (Å²) in [4.78, 5) is 13.4. The lowest BCUT2D eigenvalue weighted by atomic mass is 10.2. The molecule has 0 aliphatic carbocycles. The Morgan fingerprint density at radius 2 is 1.88 bits per heavy atom. The molecule has 0 radical (unpaired) electrons. The molecule has 0 amide bonds. The van der Waals surface area contributed by atoms with E-state index in [1.54, 1.807) is 12.1 Å². The maximum Gasteiger partial charge on any atom is 0.269 e. The summed E-state index contributed by atoms with van der Waals surface area (Å²) in [6.45, 7) is 2.39. The summed E-state index contributed by atoms with van der Waals surface area (Å²) < 4.78 is 6.65. The second kappa shape index (κ2) is 7.93. The standard InChI is InChI=1S/C18H17BrN2O3S/c19-16-11-14(18(25)20-9-1-2-10-20)5-8-17(16)24-12-13-3-6-15(7-4-13)21(22)23/h3-8,11H,1-2,9-10,12H2. The number of nitro groups is 1. The lowest BCUT2D eigenvalue weighted by Crippen LogP contribution is -2.26. The van der Waals surface area contributed by atoms with Crippen molar-refractivity contribution in [3.63, 3.8) is 0 Å². The molecule has 1 saturated heterocycles. The molecule has 0 bridgehead atoms. The van der Waals surface area contributed by atoms with Crippen molar-refractivity contribution in [2.24, 2.45) is 0 Å². The summed E-state index contributed by atoms with van der Waals surface area (Å²) in [6.07, 6.45) is 2.38. The quantitative estimate of drug-likeness (QED) is 0.398. The predicted octanol–water partition coefficient (Wildman–Crippen LogP) is 4.71. The van der Waals surface area contributed by atoms with Crippen molar-refractivity contribution < 1.29 is 9.66 Å². The van der Waals surface area contributed by atoms with Gasteiger partial charge < -0.3 is 9.64 Å². The zero-order valence-corrected chi connectivity index (χ0v) is 15.9. The number of non-ortho nitro benzene ring substituents is 1. The minimum atomic E-state index is -0.413. The zero-order chi connectivity index (χ0) is 17.8. The fourth-order valence-electron chi connectivity index (χ4n) is 2.73. The smallest absolute Gasteiger partial charge is 0.269 e. The molecule has 1 fully saturated rings. The average Bonchev–Trinajstić information content (AvgIpc) is 3.15. The van der Waals surface area contributed by atoms with Crippen molar-refractivity contribution in [1.82, 2.24) is 4.90 Å². The summed E-state index contributed by atoms with van der Waals surface area (Å²) in [6, 6.07) is 12.2. The fraction of sp³-hybridized carbons (Fsp3) is 0.278. The first-order valence-electron chi connectivity index (χ1n) is 7.99. The molecule has 2 aromatic carbocycles. The van der Waals surface area contributed by atoms with Gasteiger partial charge in [-0.2, -0.15) is 0 Å². The number of likely N-dealkylation sites (tertiary alicyclic amines) is 1. The van der Waals surface area contributed by atoms with Crippen LogP contribution in [0.1, 0.15) is 24.0 Å². The molecule has 0 aromatic heterocycles. The zero-order valence-electron chi connectivity index (χ0n) is 13.5. The van der Waals surface area contributed by atoms with Gasteiger partial charge in [-0.15, -0.1) is 0 Å². The molecule has 5 nitrogen and oxygen atoms in total. The number of nitrogens with zero attached hydrogens (tertiary/aromatic N) is 2. The van der Waals surface area contributed by atoms with E-state index in [2.05, 4.69) is 20.8 Å². The Hall–Kier alpha value is -1.99. The average molecular weight is 421 g/mol. The minimum absolute atomic E-state index is 0.0738. The first-order chi connectivity index (χ1) is 12.0. The maximum absolute atomic E-state index is 10.7. The van der Waals surface area contributed by atoms with Gasteiger partial charge >= 0.3 is 0 Å². The third kappa shape index (κ3) is 4.35. The van der Waals surface area contributed by atoms with Gasteiger partial charge in [0.25, 0.3) is 5.69 Å². The maximum atomic E-state index is 10.7. The molecular formula is C18H17BrN2O3S. The molecule has 3 rings (SSSR count). The Labute approximate surface area is 159 Å². The fourth-order valence-corrected chi connectivity index (χ4v) is 3.53. The third-order valence-electron chi connectivity index (χ3n) is 4.11. The Balaban J connectivity index is 1.64. The number of halogens is 1. The summed E-state index contributed by atoms with van der Waals surface area (Å²) in [5, 5.41) is 10.7. The number of benzene rings is 2. The molecule has 7 heteroatoms. The Kier molecular flexibility index (Phi) is 5.65. The normalized spacial score (nSPS) is 13.7. The van der Waals surface area contributed by atoms with Crippen LogP contribution in [0.2, 0.25) is 0 Å². The molecule has 1 aliphatic heterocycles. The first-order valence-corrected chi connectivity index (χ1v) is 9.19. The van der Waals surface area contributed by atoms with Gasteiger partial charge in [0.05, 0.1) is 9.40 Å². The summed E-state index contributed by atoms with van der Waals surface area (Å²) in [7, 11) is 0. The van der Waals surface area contributed by atoms with E-state index in [9.17, 15) is 10.1 Å². The van der Waals surface area contributed by atoms with E-state index < -0.39 is 4.92 Å². The monoisotopic (exact) mass is 420 g/mol. The second-order valence-corrected chi connectivity index (χ2v) is 7.10. The molecule has 0 unspecified atom stereocenters. The highest BCUT2D eigenvalue weighted by atomic mass is 79.9. The molecule has 2 aromatic rings. The van der Waals surface area contributed by atoms with Gasteiger partial charge in [0.2, 0.25) is 0 Å². The summed E-state index contributed by atoms with van der Waals surface area (Å²) in [5.41, 5.74) is 1.95. The number of nitro benzene ring substituents is 1. The van der Waals surface area contributed by atoms with Crippen LogP contribution in [0.5, 0.6) is 5.75 Å². The van der Waals surface area contributed by atoms with Crippen LogP contribution in [-0.4, -0.2) is 27.9 Å². The van der Waals surface area contributed by atoms with Crippen LogP contribution in [0.15, 0.2) is 46.9 Å². The number of hydrogen-bond donors (Lipinski definition) is 0. The molecular weight excluding hydrogens is 404 g/mol. The predicted molar refractivity (Wildman–Crippen MR) is 104 cm³/mol. The van der Waals surface area contributed by atoms with E-state index in [0.29, 0.717) is 12.4 Å². The van der Waals surface area contributed by atoms with E-state index in [1.165, 1.54) is 25.0 Å². The highest BCUT2D eigenvalue weighted by Crippen LogP contribution is 2.28. The topological polar surface area (TPSA) is 55.6 Å². The molecule has 0 N–H and O–H groups in total. The van der Waals surface area contributed by atoms with Crippen molar-refractivity contribution in [2.75, 3.05) is 13.1 Å². The summed E-state index contributed by atoms with van der Waals surface area (Å²) in [5.74, 6) is 0.714.